The van der Waals surface area contributed by atoms with Gasteiger partial charge >= 0.3 is 0 Å². The summed E-state index contributed by atoms with van der Waals surface area (Å²) in [5.41, 5.74) is 1.60. The fourth-order valence-corrected chi connectivity index (χ4v) is 4.08. The third-order valence-corrected chi connectivity index (χ3v) is 5.66. The molecular formula is C21H22ClF2N5O3. The van der Waals surface area contributed by atoms with Crippen molar-refractivity contribution in [2.75, 3.05) is 18.0 Å². The standard InChI is InChI=1S/C21H22ClF2N5O3/c1-4-5-29-21(30)20(22)15(8-25-29)28-9-14(23)16(10-28)31-18-7-13(6-17(24)26-18)19-11(2)27-32-12(19)3/h6-8,14,16H,4-5,9-10H2,1-3H3/t14-,16-/m0/s1. The highest BCUT2D eigenvalue weighted by Gasteiger charge is 2.36. The molecule has 0 aliphatic carbocycles. The van der Waals surface area contributed by atoms with Crippen LogP contribution in [0.4, 0.5) is 14.5 Å². The van der Waals surface area contributed by atoms with Crippen molar-refractivity contribution >= 4 is 17.3 Å². The van der Waals surface area contributed by atoms with E-state index in [1.54, 1.807) is 18.7 Å². The van der Waals surface area contributed by atoms with E-state index >= 15 is 0 Å². The molecule has 0 spiro atoms. The van der Waals surface area contributed by atoms with Gasteiger partial charge in [-0.3, -0.25) is 4.79 Å². The summed E-state index contributed by atoms with van der Waals surface area (Å²) in [5, 5.41) is 7.96. The second-order valence-corrected chi connectivity index (χ2v) is 8.04. The number of aromatic nitrogens is 4. The van der Waals surface area contributed by atoms with Crippen molar-refractivity contribution in [2.45, 2.75) is 46.0 Å². The van der Waals surface area contributed by atoms with Gasteiger partial charge in [0.1, 0.15) is 10.8 Å². The van der Waals surface area contributed by atoms with E-state index in [0.29, 0.717) is 34.8 Å². The van der Waals surface area contributed by atoms with Gasteiger partial charge < -0.3 is 14.2 Å². The fourth-order valence-electron chi connectivity index (χ4n) is 3.82. The molecule has 4 heterocycles. The van der Waals surface area contributed by atoms with Gasteiger partial charge in [-0.15, -0.1) is 0 Å². The van der Waals surface area contributed by atoms with Crippen LogP contribution in [0.15, 0.2) is 27.6 Å². The van der Waals surface area contributed by atoms with Crippen molar-refractivity contribution in [3.63, 3.8) is 0 Å². The molecule has 32 heavy (non-hydrogen) atoms. The van der Waals surface area contributed by atoms with E-state index in [9.17, 15) is 13.6 Å². The lowest BCUT2D eigenvalue weighted by atomic mass is 10.1. The number of pyridine rings is 1. The molecule has 170 valence electrons. The third-order valence-electron chi connectivity index (χ3n) is 5.31. The average Bonchev–Trinajstić information content (AvgIpc) is 3.26. The number of nitrogens with zero attached hydrogens (tertiary/aromatic N) is 5. The number of alkyl halides is 1. The predicted molar refractivity (Wildman–Crippen MR) is 114 cm³/mol. The minimum absolute atomic E-state index is 0.0223. The zero-order valence-corrected chi connectivity index (χ0v) is 18.6. The lowest BCUT2D eigenvalue weighted by Crippen LogP contribution is -2.30. The molecule has 2 atom stereocenters. The monoisotopic (exact) mass is 465 g/mol. The zero-order chi connectivity index (χ0) is 23.0. The van der Waals surface area contributed by atoms with Crippen LogP contribution in [0.1, 0.15) is 24.8 Å². The van der Waals surface area contributed by atoms with Gasteiger partial charge in [-0.25, -0.2) is 9.07 Å². The highest BCUT2D eigenvalue weighted by molar-refractivity contribution is 6.33. The third kappa shape index (κ3) is 4.19. The van der Waals surface area contributed by atoms with Gasteiger partial charge in [-0.1, -0.05) is 23.7 Å². The van der Waals surface area contributed by atoms with Crippen molar-refractivity contribution in [2.24, 2.45) is 0 Å². The van der Waals surface area contributed by atoms with Gasteiger partial charge in [0.25, 0.3) is 5.56 Å². The van der Waals surface area contributed by atoms with Crippen LogP contribution in [0.2, 0.25) is 5.02 Å². The Bertz CT molecular complexity index is 1180. The molecule has 1 fully saturated rings. The molecule has 3 aromatic rings. The highest BCUT2D eigenvalue weighted by Crippen LogP contribution is 2.32. The Balaban J connectivity index is 1.56. The summed E-state index contributed by atoms with van der Waals surface area (Å²) in [6.07, 6.45) is -0.164. The van der Waals surface area contributed by atoms with Crippen LogP contribution < -0.4 is 15.2 Å². The molecule has 11 heteroatoms. The molecule has 4 rings (SSSR count). The lowest BCUT2D eigenvalue weighted by molar-refractivity contribution is 0.133. The molecule has 1 aliphatic heterocycles. The van der Waals surface area contributed by atoms with Crippen LogP contribution in [0.3, 0.4) is 0 Å². The first-order valence-corrected chi connectivity index (χ1v) is 10.6. The summed E-state index contributed by atoms with van der Waals surface area (Å²) in [6, 6.07) is 2.76. The molecule has 0 aromatic carbocycles. The Hall–Kier alpha value is -3.01. The second-order valence-electron chi connectivity index (χ2n) is 7.67. The number of ether oxygens (including phenoxy) is 1. The van der Waals surface area contributed by atoms with E-state index in [1.165, 1.54) is 23.0 Å². The smallest absolute Gasteiger partial charge is 0.287 e. The maximum Gasteiger partial charge on any atom is 0.287 e. The number of anilines is 1. The van der Waals surface area contributed by atoms with E-state index in [2.05, 4.69) is 15.2 Å². The molecule has 0 amide bonds. The van der Waals surface area contributed by atoms with Crippen LogP contribution in [0.25, 0.3) is 11.1 Å². The van der Waals surface area contributed by atoms with Crippen molar-refractivity contribution < 1.29 is 18.0 Å². The van der Waals surface area contributed by atoms with Gasteiger partial charge in [-0.05, 0) is 25.8 Å². The topological polar surface area (TPSA) is 86.3 Å². The minimum Gasteiger partial charge on any atom is -0.469 e. The summed E-state index contributed by atoms with van der Waals surface area (Å²) in [4.78, 5) is 17.7. The quantitative estimate of drug-likeness (QED) is 0.513. The Morgan fingerprint density at radius 3 is 2.78 bits per heavy atom. The summed E-state index contributed by atoms with van der Waals surface area (Å²) >= 11 is 6.24. The molecule has 0 N–H and O–H groups in total. The number of rotatable bonds is 6. The summed E-state index contributed by atoms with van der Waals surface area (Å²) in [5.74, 6) is -0.305. The maximum atomic E-state index is 14.8. The van der Waals surface area contributed by atoms with Crippen LogP contribution >= 0.6 is 11.6 Å². The average molecular weight is 466 g/mol. The maximum absolute atomic E-state index is 14.8. The number of hydrogen-bond acceptors (Lipinski definition) is 7. The fraction of sp³-hybridized carbons (Fsp3) is 0.429. The minimum atomic E-state index is -1.41. The van der Waals surface area contributed by atoms with E-state index < -0.39 is 23.8 Å². The number of hydrogen-bond donors (Lipinski definition) is 0. The van der Waals surface area contributed by atoms with Gasteiger partial charge in [0.05, 0.1) is 30.7 Å². The molecule has 0 radical (unpaired) electrons. The van der Waals surface area contributed by atoms with E-state index in [1.807, 2.05) is 6.92 Å². The van der Waals surface area contributed by atoms with Crippen LogP contribution in [0, 0.1) is 19.8 Å². The van der Waals surface area contributed by atoms with Crippen LogP contribution in [-0.2, 0) is 6.54 Å². The Kier molecular flexibility index (Phi) is 6.14. The molecule has 1 saturated heterocycles. The van der Waals surface area contributed by atoms with Crippen LogP contribution in [-0.4, -0.2) is 45.3 Å². The predicted octanol–water partition coefficient (Wildman–Crippen LogP) is 3.72. The van der Waals surface area contributed by atoms with E-state index in [-0.39, 0.29) is 24.0 Å². The molecule has 8 nitrogen and oxygen atoms in total. The van der Waals surface area contributed by atoms with Gasteiger partial charge in [-0.2, -0.15) is 14.5 Å². The van der Waals surface area contributed by atoms with Gasteiger partial charge in [0.2, 0.25) is 11.8 Å². The summed E-state index contributed by atoms with van der Waals surface area (Å²) in [7, 11) is 0. The Morgan fingerprint density at radius 1 is 1.31 bits per heavy atom. The number of aryl methyl sites for hydroxylation is 3. The molecule has 0 unspecified atom stereocenters. The first-order chi connectivity index (χ1) is 15.3. The largest absolute Gasteiger partial charge is 0.469 e. The summed E-state index contributed by atoms with van der Waals surface area (Å²) < 4.78 is 41.1. The van der Waals surface area contributed by atoms with Crippen molar-refractivity contribution in [1.29, 1.82) is 0 Å². The Morgan fingerprint density at radius 2 is 2.09 bits per heavy atom. The van der Waals surface area contributed by atoms with E-state index in [4.69, 9.17) is 20.9 Å². The lowest BCUT2D eigenvalue weighted by Gasteiger charge is -2.19. The van der Waals surface area contributed by atoms with Crippen molar-refractivity contribution in [3.05, 3.63) is 51.1 Å². The van der Waals surface area contributed by atoms with Crippen molar-refractivity contribution in [3.8, 4) is 17.0 Å². The SMILES string of the molecule is CCCn1ncc(N2C[C@H](Oc3cc(-c4c(C)noc4C)cc(F)n3)[C@@H](F)C2)c(Cl)c1=O. The molecule has 0 bridgehead atoms. The molecule has 0 saturated carbocycles. The summed E-state index contributed by atoms with van der Waals surface area (Å²) in [6.45, 7) is 5.86. The highest BCUT2D eigenvalue weighted by atomic mass is 35.5. The van der Waals surface area contributed by atoms with Gasteiger partial charge in [0.15, 0.2) is 12.3 Å². The van der Waals surface area contributed by atoms with Crippen molar-refractivity contribution in [1.82, 2.24) is 19.9 Å². The first-order valence-electron chi connectivity index (χ1n) is 10.2. The first kappa shape index (κ1) is 22.2. The molecular weight excluding hydrogens is 444 g/mol. The molecule has 3 aromatic heterocycles. The normalized spacial score (nSPS) is 18.4. The zero-order valence-electron chi connectivity index (χ0n) is 17.8. The van der Waals surface area contributed by atoms with E-state index in [0.717, 1.165) is 6.42 Å². The number of halogens is 3. The second kappa shape index (κ2) is 8.85. The molecule has 1 aliphatic rings. The Labute approximate surface area is 187 Å². The van der Waals surface area contributed by atoms with Crippen LogP contribution in [0.5, 0.6) is 5.88 Å². The van der Waals surface area contributed by atoms with Gasteiger partial charge in [0, 0.05) is 24.2 Å².